The van der Waals surface area contributed by atoms with Crippen LogP contribution in [-0.2, 0) is 4.79 Å². The normalized spacial score (nSPS) is 14.8. The number of carbonyl (C=O) groups excluding carboxylic acids is 1. The molecule has 0 aliphatic rings. The van der Waals surface area contributed by atoms with Crippen molar-refractivity contribution in [1.29, 1.82) is 0 Å². The van der Waals surface area contributed by atoms with Crippen LogP contribution in [0, 0.1) is 5.41 Å². The van der Waals surface area contributed by atoms with Crippen LogP contribution in [0.4, 0.5) is 0 Å². The van der Waals surface area contributed by atoms with Gasteiger partial charge in [0.15, 0.2) is 0 Å². The van der Waals surface area contributed by atoms with E-state index in [0.29, 0.717) is 13.0 Å². The van der Waals surface area contributed by atoms with Crippen LogP contribution in [0.2, 0.25) is 0 Å². The molecule has 0 radical (unpaired) electrons. The second-order valence-electron chi connectivity index (χ2n) is 6.15. The third kappa shape index (κ3) is 5.43. The van der Waals surface area contributed by atoms with Crippen LogP contribution in [0.1, 0.15) is 45.6 Å². The predicted molar refractivity (Wildman–Crippen MR) is 77.9 cm³/mol. The Hall–Kier alpha value is -1.35. The molecule has 0 bridgehead atoms. The molecule has 2 atom stereocenters. The Labute approximate surface area is 116 Å². The van der Waals surface area contributed by atoms with Crippen molar-refractivity contribution in [2.75, 3.05) is 6.54 Å². The van der Waals surface area contributed by atoms with Crippen LogP contribution in [0.5, 0.6) is 0 Å². The van der Waals surface area contributed by atoms with Gasteiger partial charge in [-0.2, -0.15) is 0 Å². The maximum atomic E-state index is 11.9. The number of benzene rings is 1. The molecule has 0 aromatic heterocycles. The predicted octanol–water partition coefficient (Wildman–Crippen LogP) is 2.70. The van der Waals surface area contributed by atoms with Crippen LogP contribution in [0.25, 0.3) is 0 Å². The maximum absolute atomic E-state index is 11.9. The average molecular weight is 263 g/mol. The van der Waals surface area contributed by atoms with Gasteiger partial charge in [-0.25, -0.2) is 0 Å². The maximum Gasteiger partial charge on any atom is 0.225 e. The molecule has 0 fully saturated rings. The highest BCUT2D eigenvalue weighted by Crippen LogP contribution is 2.21. The van der Waals surface area contributed by atoms with Crippen molar-refractivity contribution >= 4 is 5.91 Å². The fourth-order valence-electron chi connectivity index (χ4n) is 1.96. The van der Waals surface area contributed by atoms with Crippen molar-refractivity contribution in [2.24, 2.45) is 5.41 Å². The topological polar surface area (TPSA) is 49.3 Å². The van der Waals surface area contributed by atoms with E-state index in [-0.39, 0.29) is 23.3 Å². The first-order valence-electron chi connectivity index (χ1n) is 6.82. The van der Waals surface area contributed by atoms with Gasteiger partial charge in [0.05, 0.1) is 6.10 Å². The summed E-state index contributed by atoms with van der Waals surface area (Å²) in [6, 6.07) is 10.0. The van der Waals surface area contributed by atoms with Crippen LogP contribution >= 0.6 is 0 Å². The Morgan fingerprint density at radius 1 is 1.26 bits per heavy atom. The Kier molecular flexibility index (Phi) is 5.55. The number of hydrogen-bond acceptors (Lipinski definition) is 2. The fraction of sp³-hybridized carbons (Fsp3) is 0.562. The van der Waals surface area contributed by atoms with Crippen molar-refractivity contribution in [2.45, 2.75) is 46.1 Å². The molecule has 2 unspecified atom stereocenters. The summed E-state index contributed by atoms with van der Waals surface area (Å²) in [5.41, 5.74) is 0.768. The zero-order valence-corrected chi connectivity index (χ0v) is 12.3. The molecule has 0 aliphatic carbocycles. The lowest BCUT2D eigenvalue weighted by Gasteiger charge is -2.23. The second-order valence-corrected chi connectivity index (χ2v) is 6.15. The van der Waals surface area contributed by atoms with E-state index >= 15 is 0 Å². The van der Waals surface area contributed by atoms with E-state index in [9.17, 15) is 9.90 Å². The number of rotatable bonds is 5. The summed E-state index contributed by atoms with van der Waals surface area (Å²) in [5.74, 6) is 0.187. The molecule has 2 N–H and O–H groups in total. The largest absolute Gasteiger partial charge is 0.393 e. The van der Waals surface area contributed by atoms with Crippen molar-refractivity contribution in [3.63, 3.8) is 0 Å². The summed E-state index contributed by atoms with van der Waals surface area (Å²) in [6.45, 7) is 8.03. The molecule has 3 nitrogen and oxygen atoms in total. The molecule has 1 aromatic carbocycles. The zero-order chi connectivity index (χ0) is 14.5. The van der Waals surface area contributed by atoms with Gasteiger partial charge in [0.1, 0.15) is 0 Å². The molecule has 3 heteroatoms. The highest BCUT2D eigenvalue weighted by molar-refractivity contribution is 5.81. The Morgan fingerprint density at radius 2 is 1.84 bits per heavy atom. The fourth-order valence-corrected chi connectivity index (χ4v) is 1.96. The highest BCUT2D eigenvalue weighted by Gasteiger charge is 2.22. The van der Waals surface area contributed by atoms with Gasteiger partial charge < -0.3 is 10.4 Å². The molecule has 0 saturated heterocycles. The summed E-state index contributed by atoms with van der Waals surface area (Å²) in [4.78, 5) is 11.9. The first kappa shape index (κ1) is 15.7. The van der Waals surface area contributed by atoms with E-state index in [1.807, 2.05) is 51.1 Å². The van der Waals surface area contributed by atoms with Gasteiger partial charge in [-0.3, -0.25) is 4.79 Å². The highest BCUT2D eigenvalue weighted by atomic mass is 16.3. The van der Waals surface area contributed by atoms with Gasteiger partial charge in [0.2, 0.25) is 5.91 Å². The van der Waals surface area contributed by atoms with Crippen LogP contribution in [0.15, 0.2) is 30.3 Å². The number of nitrogens with one attached hydrogen (secondary N) is 1. The minimum absolute atomic E-state index is 0.0408. The van der Waals surface area contributed by atoms with Crippen molar-refractivity contribution in [3.8, 4) is 0 Å². The van der Waals surface area contributed by atoms with E-state index in [4.69, 9.17) is 0 Å². The van der Waals surface area contributed by atoms with E-state index in [0.717, 1.165) is 5.56 Å². The zero-order valence-electron chi connectivity index (χ0n) is 12.3. The monoisotopic (exact) mass is 263 g/mol. The molecular formula is C16H25NO2. The van der Waals surface area contributed by atoms with Crippen LogP contribution in [-0.4, -0.2) is 23.7 Å². The van der Waals surface area contributed by atoms with Gasteiger partial charge in [-0.15, -0.1) is 0 Å². The molecule has 1 amide bonds. The number of aliphatic hydroxyl groups is 1. The van der Waals surface area contributed by atoms with Gasteiger partial charge in [-0.1, -0.05) is 51.1 Å². The van der Waals surface area contributed by atoms with Gasteiger partial charge in [0, 0.05) is 17.9 Å². The molecule has 0 saturated carbocycles. The van der Waals surface area contributed by atoms with Gasteiger partial charge in [0.25, 0.3) is 0 Å². The SMILES string of the molecule is CC(O)CC(CNC(=O)C(C)(C)C)c1ccccc1. The second kappa shape index (κ2) is 6.71. The average Bonchev–Trinajstić information content (AvgIpc) is 2.33. The summed E-state index contributed by atoms with van der Waals surface area (Å²) < 4.78 is 0. The molecule has 1 aromatic rings. The summed E-state index contributed by atoms with van der Waals surface area (Å²) in [6.07, 6.45) is 0.269. The summed E-state index contributed by atoms with van der Waals surface area (Å²) in [7, 11) is 0. The lowest BCUT2D eigenvalue weighted by Crippen LogP contribution is -2.37. The lowest BCUT2D eigenvalue weighted by molar-refractivity contribution is -0.128. The van der Waals surface area contributed by atoms with Crippen LogP contribution in [0.3, 0.4) is 0 Å². The molecule has 0 aliphatic heterocycles. The quantitative estimate of drug-likeness (QED) is 0.858. The third-order valence-corrected chi connectivity index (χ3v) is 3.09. The Bertz CT molecular complexity index is 393. The first-order chi connectivity index (χ1) is 8.80. The smallest absolute Gasteiger partial charge is 0.225 e. The number of aliphatic hydroxyl groups excluding tert-OH is 1. The van der Waals surface area contributed by atoms with E-state index in [1.165, 1.54) is 0 Å². The van der Waals surface area contributed by atoms with Crippen molar-refractivity contribution in [1.82, 2.24) is 5.32 Å². The number of carbonyl (C=O) groups is 1. The molecule has 19 heavy (non-hydrogen) atoms. The molecular weight excluding hydrogens is 238 g/mol. The molecule has 0 spiro atoms. The van der Waals surface area contributed by atoms with Gasteiger partial charge in [-0.05, 0) is 18.9 Å². The molecule has 1 rings (SSSR count). The van der Waals surface area contributed by atoms with E-state index in [1.54, 1.807) is 6.92 Å². The van der Waals surface area contributed by atoms with E-state index < -0.39 is 0 Å². The van der Waals surface area contributed by atoms with E-state index in [2.05, 4.69) is 5.32 Å². The lowest BCUT2D eigenvalue weighted by atomic mass is 9.91. The standard InChI is InChI=1S/C16H25NO2/c1-12(18)10-14(13-8-6-5-7-9-13)11-17-15(19)16(2,3)4/h5-9,12,14,18H,10-11H2,1-4H3,(H,17,19). The van der Waals surface area contributed by atoms with Gasteiger partial charge >= 0.3 is 0 Å². The number of hydrogen-bond donors (Lipinski definition) is 2. The van der Waals surface area contributed by atoms with Crippen molar-refractivity contribution in [3.05, 3.63) is 35.9 Å². The molecule has 106 valence electrons. The minimum Gasteiger partial charge on any atom is -0.393 e. The minimum atomic E-state index is -0.383. The molecule has 0 heterocycles. The first-order valence-corrected chi connectivity index (χ1v) is 6.82. The van der Waals surface area contributed by atoms with Crippen molar-refractivity contribution < 1.29 is 9.90 Å². The summed E-state index contributed by atoms with van der Waals surface area (Å²) in [5, 5.41) is 12.6. The Morgan fingerprint density at radius 3 is 2.32 bits per heavy atom. The Balaban J connectivity index is 2.69. The number of amides is 1. The van der Waals surface area contributed by atoms with Crippen LogP contribution < -0.4 is 5.32 Å². The third-order valence-electron chi connectivity index (χ3n) is 3.09. The summed E-state index contributed by atoms with van der Waals surface area (Å²) >= 11 is 0.